The second kappa shape index (κ2) is 10.8. The van der Waals surface area contributed by atoms with Crippen LogP contribution in [0.15, 0.2) is 15.7 Å². The number of amides is 2. The first kappa shape index (κ1) is 26.7. The van der Waals surface area contributed by atoms with Gasteiger partial charge in [0.15, 0.2) is 5.69 Å². The number of thiophene rings is 1. The Morgan fingerprint density at radius 2 is 1.91 bits per heavy atom. The van der Waals surface area contributed by atoms with Crippen LogP contribution in [0.4, 0.5) is 11.5 Å². The van der Waals surface area contributed by atoms with Gasteiger partial charge in [-0.05, 0) is 48.6 Å². The number of aryl methyl sites for hydroxylation is 1. The van der Waals surface area contributed by atoms with Crippen molar-refractivity contribution in [1.82, 2.24) is 14.5 Å². The SMILES string of the molecule is CC(C)CN(C(=O)CN(C)C(=O)c1cc2c(s1)CC[C@@H](C)C2)c1c(N)n(CC(C)C)c(=O)[nH]c1=O. The Balaban J connectivity index is 1.88. The van der Waals surface area contributed by atoms with Crippen LogP contribution in [0.3, 0.4) is 0 Å². The van der Waals surface area contributed by atoms with E-state index in [0.717, 1.165) is 19.3 Å². The maximum atomic E-state index is 13.4. The molecule has 0 aromatic carbocycles. The van der Waals surface area contributed by atoms with Gasteiger partial charge in [-0.3, -0.25) is 23.9 Å². The molecular formula is C25H37N5O4S. The van der Waals surface area contributed by atoms with Crippen LogP contribution in [0, 0.1) is 17.8 Å². The van der Waals surface area contributed by atoms with Crippen LogP contribution >= 0.6 is 11.3 Å². The van der Waals surface area contributed by atoms with E-state index in [1.165, 1.54) is 36.1 Å². The number of anilines is 2. The van der Waals surface area contributed by atoms with Crippen molar-refractivity contribution < 1.29 is 9.59 Å². The number of fused-ring (bicyclic) bond motifs is 1. The zero-order chi connectivity index (χ0) is 26.0. The van der Waals surface area contributed by atoms with E-state index >= 15 is 0 Å². The lowest BCUT2D eigenvalue weighted by Gasteiger charge is -2.28. The van der Waals surface area contributed by atoms with Crippen LogP contribution in [0.1, 0.15) is 61.2 Å². The Morgan fingerprint density at radius 3 is 2.54 bits per heavy atom. The summed E-state index contributed by atoms with van der Waals surface area (Å²) in [6, 6.07) is 1.95. The Hall–Kier alpha value is -2.88. The number of nitrogen functional groups attached to an aromatic ring is 1. The molecule has 0 saturated heterocycles. The van der Waals surface area contributed by atoms with Crippen molar-refractivity contribution in [3.63, 3.8) is 0 Å². The van der Waals surface area contributed by atoms with Gasteiger partial charge in [-0.2, -0.15) is 0 Å². The maximum absolute atomic E-state index is 13.4. The first-order chi connectivity index (χ1) is 16.4. The summed E-state index contributed by atoms with van der Waals surface area (Å²) in [6.07, 6.45) is 3.07. The van der Waals surface area contributed by atoms with Crippen LogP contribution in [-0.4, -0.2) is 46.4 Å². The molecule has 192 valence electrons. The van der Waals surface area contributed by atoms with Crippen LogP contribution in [0.5, 0.6) is 0 Å². The molecule has 0 spiro atoms. The minimum Gasteiger partial charge on any atom is -0.383 e. The van der Waals surface area contributed by atoms with E-state index in [1.807, 2.05) is 33.8 Å². The molecule has 0 unspecified atom stereocenters. The minimum absolute atomic E-state index is 0.0234. The molecule has 2 aromatic heterocycles. The summed E-state index contributed by atoms with van der Waals surface area (Å²) >= 11 is 1.50. The van der Waals surface area contributed by atoms with Gasteiger partial charge in [-0.1, -0.05) is 34.6 Å². The van der Waals surface area contributed by atoms with Gasteiger partial charge in [0, 0.05) is 25.0 Å². The number of aromatic amines is 1. The molecule has 1 atom stereocenters. The second-order valence-electron chi connectivity index (χ2n) is 10.5. The number of nitrogens with two attached hydrogens (primary N) is 1. The lowest BCUT2D eigenvalue weighted by Crippen LogP contribution is -2.47. The molecule has 2 heterocycles. The maximum Gasteiger partial charge on any atom is 0.330 e. The third-order valence-electron chi connectivity index (χ3n) is 6.14. The van der Waals surface area contributed by atoms with Gasteiger partial charge >= 0.3 is 5.69 Å². The highest BCUT2D eigenvalue weighted by Crippen LogP contribution is 2.32. The summed E-state index contributed by atoms with van der Waals surface area (Å²) in [7, 11) is 1.59. The van der Waals surface area contributed by atoms with Crippen molar-refractivity contribution in [2.45, 2.75) is 60.4 Å². The van der Waals surface area contributed by atoms with Crippen molar-refractivity contribution in [3.8, 4) is 0 Å². The number of hydrogen-bond acceptors (Lipinski definition) is 6. The fourth-order valence-electron chi connectivity index (χ4n) is 4.43. The van der Waals surface area contributed by atoms with Crippen molar-refractivity contribution in [2.24, 2.45) is 17.8 Å². The van der Waals surface area contributed by atoms with E-state index in [0.29, 0.717) is 17.3 Å². The Labute approximate surface area is 209 Å². The smallest absolute Gasteiger partial charge is 0.330 e. The van der Waals surface area contributed by atoms with Gasteiger partial charge in [0.05, 0.1) is 4.88 Å². The number of carbonyl (C=O) groups excluding carboxylic acids is 2. The number of carbonyl (C=O) groups is 2. The molecule has 3 N–H and O–H groups in total. The number of H-pyrrole nitrogens is 1. The molecule has 0 radical (unpaired) electrons. The first-order valence-electron chi connectivity index (χ1n) is 12.2. The summed E-state index contributed by atoms with van der Waals surface area (Å²) < 4.78 is 1.29. The predicted molar refractivity (Wildman–Crippen MR) is 140 cm³/mol. The molecule has 2 aromatic rings. The third-order valence-corrected chi connectivity index (χ3v) is 7.36. The van der Waals surface area contributed by atoms with Crippen LogP contribution in [-0.2, 0) is 24.2 Å². The van der Waals surface area contributed by atoms with E-state index in [-0.39, 0.29) is 42.3 Å². The Morgan fingerprint density at radius 1 is 1.23 bits per heavy atom. The second-order valence-corrected chi connectivity index (χ2v) is 11.6. The third kappa shape index (κ3) is 6.04. The van der Waals surface area contributed by atoms with Gasteiger partial charge in [-0.15, -0.1) is 11.3 Å². The average molecular weight is 504 g/mol. The normalized spacial score (nSPS) is 15.4. The molecule has 35 heavy (non-hydrogen) atoms. The van der Waals surface area contributed by atoms with Gasteiger partial charge in [-0.25, -0.2) is 4.79 Å². The highest BCUT2D eigenvalue weighted by atomic mass is 32.1. The van der Waals surface area contributed by atoms with Crippen LogP contribution in [0.25, 0.3) is 0 Å². The topological polar surface area (TPSA) is 121 Å². The molecule has 10 heteroatoms. The predicted octanol–water partition coefficient (Wildman–Crippen LogP) is 2.72. The minimum atomic E-state index is -0.712. The van der Waals surface area contributed by atoms with E-state index in [4.69, 9.17) is 5.73 Å². The lowest BCUT2D eigenvalue weighted by molar-refractivity contribution is -0.119. The van der Waals surface area contributed by atoms with Crippen LogP contribution in [0.2, 0.25) is 0 Å². The molecule has 2 amide bonds. The van der Waals surface area contributed by atoms with E-state index in [1.54, 1.807) is 7.05 Å². The molecule has 0 fully saturated rings. The summed E-state index contributed by atoms with van der Waals surface area (Å²) in [5, 5.41) is 0. The highest BCUT2D eigenvalue weighted by molar-refractivity contribution is 7.14. The van der Waals surface area contributed by atoms with Crippen molar-refractivity contribution in [2.75, 3.05) is 30.8 Å². The number of likely N-dealkylation sites (N-methyl/N-ethyl adjacent to an activating group) is 1. The molecule has 1 aliphatic carbocycles. The van der Waals surface area contributed by atoms with E-state index in [2.05, 4.69) is 11.9 Å². The molecule has 3 rings (SSSR count). The number of nitrogens with one attached hydrogen (secondary N) is 1. The number of hydrogen-bond donors (Lipinski definition) is 2. The van der Waals surface area contributed by atoms with Crippen molar-refractivity contribution >= 4 is 34.7 Å². The quantitative estimate of drug-likeness (QED) is 0.574. The van der Waals surface area contributed by atoms with Gasteiger partial charge in [0.2, 0.25) is 5.91 Å². The molecule has 0 aliphatic heterocycles. The fraction of sp³-hybridized carbons (Fsp3) is 0.600. The largest absolute Gasteiger partial charge is 0.383 e. The van der Waals surface area contributed by atoms with Gasteiger partial charge in [0.25, 0.3) is 11.5 Å². The number of aromatic nitrogens is 2. The summed E-state index contributed by atoms with van der Waals surface area (Å²) in [4.78, 5) is 58.6. The van der Waals surface area contributed by atoms with Crippen molar-refractivity contribution in [3.05, 3.63) is 42.2 Å². The van der Waals surface area contributed by atoms with E-state index in [9.17, 15) is 19.2 Å². The molecule has 9 nitrogen and oxygen atoms in total. The monoisotopic (exact) mass is 503 g/mol. The standard InChI is InChI=1S/C25H37N5O4S/c1-14(2)11-29(21-22(26)30(12-15(3)4)25(34)27-23(21)32)20(31)13-28(6)24(33)19-10-17-9-16(5)7-8-18(17)35-19/h10,14-16H,7-9,11-13,26H2,1-6H3,(H,27,32,34)/t16-/m1/s1. The number of rotatable bonds is 8. The molecule has 0 bridgehead atoms. The first-order valence-corrected chi connectivity index (χ1v) is 13.0. The van der Waals surface area contributed by atoms with Crippen molar-refractivity contribution in [1.29, 1.82) is 0 Å². The molecule has 1 aliphatic rings. The zero-order valence-electron chi connectivity index (χ0n) is 21.5. The summed E-state index contributed by atoms with van der Waals surface area (Å²) in [5.41, 5.74) is 6.12. The number of nitrogens with zero attached hydrogens (tertiary/aromatic N) is 3. The fourth-order valence-corrected chi connectivity index (χ4v) is 5.63. The van der Waals surface area contributed by atoms with Gasteiger partial charge < -0.3 is 15.5 Å². The molecule has 0 saturated carbocycles. The average Bonchev–Trinajstić information content (AvgIpc) is 3.17. The summed E-state index contributed by atoms with van der Waals surface area (Å²) in [5.74, 6) is 0.0292. The zero-order valence-corrected chi connectivity index (χ0v) is 22.3. The summed E-state index contributed by atoms with van der Waals surface area (Å²) in [6.45, 7) is 10.2. The molecular weight excluding hydrogens is 466 g/mol. The van der Waals surface area contributed by atoms with E-state index < -0.39 is 17.2 Å². The van der Waals surface area contributed by atoms with Crippen LogP contribution < -0.4 is 21.9 Å². The Kier molecular flexibility index (Phi) is 8.25. The Bertz CT molecular complexity index is 1210. The lowest BCUT2D eigenvalue weighted by atomic mass is 9.90. The highest BCUT2D eigenvalue weighted by Gasteiger charge is 2.28. The van der Waals surface area contributed by atoms with Gasteiger partial charge in [0.1, 0.15) is 12.4 Å².